The van der Waals surface area contributed by atoms with Crippen molar-refractivity contribution in [3.05, 3.63) is 302 Å². The number of hydrogen-bond acceptors (Lipinski definition) is 10. The van der Waals surface area contributed by atoms with Crippen LogP contribution in [-0.4, -0.2) is 92.0 Å². The molecule has 26 rings (SSSR count). The predicted octanol–water partition coefficient (Wildman–Crippen LogP) is 25.8. The van der Waals surface area contributed by atoms with Crippen molar-refractivity contribution in [2.45, 2.75) is 128 Å². The quantitative estimate of drug-likeness (QED) is 0.100. The van der Waals surface area contributed by atoms with Gasteiger partial charge in [0.05, 0.1) is 99.2 Å². The van der Waals surface area contributed by atoms with Gasteiger partial charge in [0.1, 0.15) is 5.82 Å². The van der Waals surface area contributed by atoms with Gasteiger partial charge in [-0.1, -0.05) is 95.9 Å². The fourth-order valence-corrected chi connectivity index (χ4v) is 21.3. The number of aromatic nitrogens is 13. The van der Waals surface area contributed by atoms with Crippen LogP contribution in [0.15, 0.2) is 225 Å². The second-order valence-electron chi connectivity index (χ2n) is 34.3. The zero-order valence-electron chi connectivity index (χ0n) is 70.0. The molecule has 5 N–H and O–H groups in total. The lowest BCUT2D eigenvalue weighted by atomic mass is 9.82. The van der Waals surface area contributed by atoms with Crippen LogP contribution >= 0.6 is 23.2 Å². The Hall–Kier alpha value is -13.4. The van der Waals surface area contributed by atoms with Gasteiger partial charge in [0, 0.05) is 117 Å². The molecule has 126 heavy (non-hydrogen) atoms. The van der Waals surface area contributed by atoms with Gasteiger partial charge in [0.15, 0.2) is 0 Å². The second kappa shape index (κ2) is 33.9. The summed E-state index contributed by atoms with van der Waals surface area (Å²) < 4.78 is 19.2. The Morgan fingerprint density at radius 1 is 0.357 bits per heavy atom. The molecule has 0 spiro atoms. The summed E-state index contributed by atoms with van der Waals surface area (Å²) in [4.78, 5) is 25.7. The minimum absolute atomic E-state index is 0.218. The maximum atomic E-state index is 13.7. The number of nitrogens with zero attached hydrogens (tertiary/aromatic N) is 9. The van der Waals surface area contributed by atoms with Crippen LogP contribution in [0, 0.1) is 18.2 Å². The molecule has 11 aromatic carbocycles. The van der Waals surface area contributed by atoms with Gasteiger partial charge in [-0.15, -0.1) is 6.42 Å². The maximum absolute atomic E-state index is 13.7. The van der Waals surface area contributed by atoms with Crippen molar-refractivity contribution in [3.8, 4) is 68.5 Å². The van der Waals surface area contributed by atoms with Crippen LogP contribution in [0.5, 0.6) is 0 Å². The van der Waals surface area contributed by atoms with Gasteiger partial charge in [-0.3, -0.25) is 25.4 Å². The molecule has 0 bridgehead atoms. The molecule has 5 aliphatic carbocycles. The molecule has 0 amide bonds. The first-order valence-corrected chi connectivity index (χ1v) is 45.3. The van der Waals surface area contributed by atoms with Gasteiger partial charge < -0.3 is 14.6 Å². The van der Waals surface area contributed by atoms with Gasteiger partial charge in [0.2, 0.25) is 0 Å². The Labute approximate surface area is 738 Å². The first-order chi connectivity index (χ1) is 62.2. The van der Waals surface area contributed by atoms with E-state index in [-0.39, 0.29) is 5.82 Å². The van der Waals surface area contributed by atoms with Crippen molar-refractivity contribution < 1.29 is 9.13 Å². The topological polar surface area (TPSA) is 195 Å². The Kier molecular flexibility index (Phi) is 21.1. The Morgan fingerprint density at radius 2 is 0.770 bits per heavy atom. The third-order valence-electron chi connectivity index (χ3n) is 27.0. The van der Waals surface area contributed by atoms with E-state index in [0.29, 0.717) is 0 Å². The Bertz CT molecular complexity index is 7470. The summed E-state index contributed by atoms with van der Waals surface area (Å²) in [6, 6.07) is 65.8. The van der Waals surface area contributed by atoms with E-state index in [1.54, 1.807) is 12.1 Å². The van der Waals surface area contributed by atoms with Gasteiger partial charge in [-0.25, -0.2) is 19.3 Å². The number of pyridine rings is 4. The average molecular weight is 1690 g/mol. The van der Waals surface area contributed by atoms with Crippen molar-refractivity contribution in [2.24, 2.45) is 0 Å². The third-order valence-corrected chi connectivity index (χ3v) is 27.5. The molecule has 0 saturated carbocycles. The van der Waals surface area contributed by atoms with Crippen molar-refractivity contribution in [1.82, 2.24) is 65.7 Å². The number of anilines is 1. The number of nitrogens with one attached hydrogen (secondary N) is 5. The monoisotopic (exact) mass is 1690 g/mol. The first-order valence-electron chi connectivity index (χ1n) is 44.6. The van der Waals surface area contributed by atoms with E-state index in [4.69, 9.17) is 49.3 Å². The van der Waals surface area contributed by atoms with E-state index in [1.165, 1.54) is 213 Å². The summed E-state index contributed by atoms with van der Waals surface area (Å²) in [5.41, 5.74) is 37.7. The largest absolute Gasteiger partial charge is 0.378 e. The number of morpholine rings is 1. The van der Waals surface area contributed by atoms with E-state index in [1.807, 2.05) is 85.6 Å². The molecule has 1 saturated heterocycles. The molecule has 0 unspecified atom stereocenters. The zero-order chi connectivity index (χ0) is 84.3. The smallest absolute Gasteiger partial charge is 0.123 e. The molecule has 20 aromatic rings. The number of rotatable bonds is 6. The number of H-pyrrole nitrogens is 5. The summed E-state index contributed by atoms with van der Waals surface area (Å²) in [7, 11) is 0. The minimum Gasteiger partial charge on any atom is -0.378 e. The van der Waals surface area contributed by atoms with Crippen molar-refractivity contribution >= 4 is 138 Å². The molecule has 0 radical (unpaired) electrons. The Morgan fingerprint density at radius 3 is 1.27 bits per heavy atom. The summed E-state index contributed by atoms with van der Waals surface area (Å²) in [5.74, 6) is 2.47. The lowest BCUT2D eigenvalue weighted by Gasteiger charge is -2.29. The van der Waals surface area contributed by atoms with Crippen molar-refractivity contribution in [1.29, 1.82) is 0 Å². The van der Waals surface area contributed by atoms with Gasteiger partial charge in [-0.05, 0) is 339 Å². The van der Waals surface area contributed by atoms with E-state index in [2.05, 4.69) is 183 Å². The summed E-state index contributed by atoms with van der Waals surface area (Å²) in [6.07, 6.45) is 38.5. The van der Waals surface area contributed by atoms with Crippen LogP contribution < -0.4 is 4.90 Å². The molecule has 1 aliphatic heterocycles. The number of aromatic amines is 5. The van der Waals surface area contributed by atoms with Crippen molar-refractivity contribution in [2.75, 3.05) is 31.2 Å². The standard InChI is InChI=1S/C24H24N4O.C22H17N3.2C21H17ClN2.C20H16FN3/c1-2-4-19-18(3-1)23-20-15-25-27-21(20)9-10-22(23)26-24(19)16-5-7-17(8-6-16)28-11-13-29-14-12-28;1-2-14-7-9-15(10-8-14)22-17-6-4-3-5-16(17)21-18-13-23-25-19(18)11-12-20(21)24-22;22-15-8-5-13(6-9-15)18-11-14-7-10-20-19(12-23-24-20)21(14)17-4-2-1-3-16(17)18;22-14-7-5-13(6-8-14)21-16-4-2-1-3-15(16)20-17-11-12-23-18(17)9-10-19(20)24-21;21-13-5-3-4-12(10-13)20-15-7-2-1-6-14(15)19-16-11-22-24-17(16)8-9-18(19)23-20/h5-10,15H,1-4,11-14H2,(H,25,27);1,7-13H,3-6H2,(H,23,25);5-12H,1-4H2,(H,23,24);5-12,24H,1-4H2;3-5,8-11H,1-2,6-7H2,(H,22,24). The maximum Gasteiger partial charge on any atom is 0.123 e. The number of ether oxygens (including phenoxy) is 1. The summed E-state index contributed by atoms with van der Waals surface area (Å²) in [6.45, 7) is 3.54. The number of halogens is 3. The van der Waals surface area contributed by atoms with Crippen LogP contribution in [0.1, 0.15) is 125 Å². The third kappa shape index (κ3) is 14.7. The molecule has 0 atom stereocenters. The molecular formula is C108H91Cl2FN14O. The van der Waals surface area contributed by atoms with Crippen LogP contribution in [0.3, 0.4) is 0 Å². The summed E-state index contributed by atoms with van der Waals surface area (Å²) in [5, 5.41) is 44.7. The molecule has 18 heteroatoms. The summed E-state index contributed by atoms with van der Waals surface area (Å²) >= 11 is 12.2. The lowest BCUT2D eigenvalue weighted by molar-refractivity contribution is 0.122. The molecular weight excluding hydrogens is 1600 g/mol. The number of terminal acetylenes is 1. The lowest BCUT2D eigenvalue weighted by Crippen LogP contribution is -2.36. The number of fused-ring (bicyclic) bond motifs is 25. The number of aryl methyl sites for hydroxylation is 5. The van der Waals surface area contributed by atoms with Gasteiger partial charge >= 0.3 is 0 Å². The Balaban J connectivity index is 0.0000000934. The van der Waals surface area contributed by atoms with E-state index in [9.17, 15) is 4.39 Å². The van der Waals surface area contributed by atoms with Crippen LogP contribution in [0.25, 0.3) is 165 Å². The highest BCUT2D eigenvalue weighted by Gasteiger charge is 2.28. The molecule has 1 fully saturated rings. The van der Waals surface area contributed by atoms with E-state index in [0.717, 1.165) is 190 Å². The SMILES string of the molecule is C#Cc1ccc(-c2nc3ccc4[nH]ncc4c3c3c2CCCC3)cc1.Clc1ccc(-c2[nH]c3ccc4nccc4c3c3c2CCCC3)cc1.Clc1ccc(-c2cc3ccc4[nH]ncc4c3c3c2CCCC3)cc1.Fc1cccc(-c2nc3ccc4[nH]ncc4c3c3c2CCCC3)c1.c1cc(N2CCOCC2)ccc1-c1nc2ccc3[nH]ncc3c2c2c1CCCC2. The second-order valence-corrected chi connectivity index (χ2v) is 35.1. The van der Waals surface area contributed by atoms with Gasteiger partial charge in [0.25, 0.3) is 0 Å². The number of benzene rings is 11. The van der Waals surface area contributed by atoms with E-state index >= 15 is 0 Å². The first kappa shape index (κ1) is 78.5. The predicted molar refractivity (Wildman–Crippen MR) is 513 cm³/mol. The highest BCUT2D eigenvalue weighted by Crippen LogP contribution is 2.46. The van der Waals surface area contributed by atoms with Crippen LogP contribution in [0.2, 0.25) is 10.0 Å². The van der Waals surface area contributed by atoms with E-state index < -0.39 is 0 Å². The van der Waals surface area contributed by atoms with Crippen LogP contribution in [-0.2, 0) is 68.9 Å². The number of hydrogen-bond donors (Lipinski definition) is 5. The van der Waals surface area contributed by atoms with Gasteiger partial charge in [-0.2, -0.15) is 20.4 Å². The molecule has 10 heterocycles. The fourth-order valence-electron chi connectivity index (χ4n) is 21.0. The molecule has 15 nitrogen and oxygen atoms in total. The molecule has 9 aromatic heterocycles. The average Bonchev–Trinajstić information content (AvgIpc) is 1.26. The normalized spacial score (nSPS) is 14.8. The van der Waals surface area contributed by atoms with Crippen LogP contribution in [0.4, 0.5) is 10.1 Å². The molecule has 620 valence electrons. The highest BCUT2D eigenvalue weighted by atomic mass is 35.5. The zero-order valence-corrected chi connectivity index (χ0v) is 71.5. The fraction of sp³-hybridized carbons (Fsp3) is 0.222. The molecule has 6 aliphatic rings. The minimum atomic E-state index is -0.218. The highest BCUT2D eigenvalue weighted by molar-refractivity contribution is 6.31. The van der Waals surface area contributed by atoms with Crippen molar-refractivity contribution in [3.63, 3.8) is 0 Å².